The minimum Gasteiger partial charge on any atom is -0.493 e. The number of carboxylic acid groups (broad SMARTS) is 1. The largest absolute Gasteiger partial charge is 0.493 e. The zero-order chi connectivity index (χ0) is 12.7. The summed E-state index contributed by atoms with van der Waals surface area (Å²) in [6, 6.07) is 5.66. The van der Waals surface area contributed by atoms with Crippen LogP contribution in [0.25, 0.3) is 11.3 Å². The van der Waals surface area contributed by atoms with E-state index >= 15 is 0 Å². The Morgan fingerprint density at radius 3 is 3.11 bits per heavy atom. The van der Waals surface area contributed by atoms with Crippen molar-refractivity contribution < 1.29 is 14.6 Å². The van der Waals surface area contributed by atoms with Crippen LogP contribution < -0.4 is 4.74 Å². The first kappa shape index (κ1) is 10.8. The lowest BCUT2D eigenvalue weighted by molar-refractivity contribution is 0.0692. The molecule has 0 spiro atoms. The molecule has 0 atom stereocenters. The molecule has 18 heavy (non-hydrogen) atoms. The Balaban J connectivity index is 2.12. The molecule has 0 radical (unpaired) electrons. The first-order valence-corrected chi connectivity index (χ1v) is 5.71. The quantitative estimate of drug-likeness (QED) is 0.847. The molecular weight excluding hydrogens is 232 g/mol. The number of hydrogen-bond acceptors (Lipinski definition) is 3. The second-order valence-corrected chi connectivity index (χ2v) is 4.27. The fourth-order valence-electron chi connectivity index (χ4n) is 2.19. The smallest absolute Gasteiger partial charge is 0.354 e. The van der Waals surface area contributed by atoms with Gasteiger partial charge in [0.25, 0.3) is 0 Å². The molecule has 92 valence electrons. The van der Waals surface area contributed by atoms with Crippen LogP contribution in [-0.2, 0) is 6.42 Å². The number of nitrogens with zero attached hydrogens (tertiary/aromatic N) is 1. The third-order valence-electron chi connectivity index (χ3n) is 3.00. The molecule has 2 heterocycles. The maximum atomic E-state index is 11.1. The topological polar surface area (TPSA) is 75.2 Å². The van der Waals surface area contributed by atoms with E-state index in [1.165, 1.54) is 0 Å². The highest BCUT2D eigenvalue weighted by atomic mass is 16.5. The van der Waals surface area contributed by atoms with E-state index in [2.05, 4.69) is 9.97 Å². The van der Waals surface area contributed by atoms with Crippen molar-refractivity contribution in [2.75, 3.05) is 6.61 Å². The summed E-state index contributed by atoms with van der Waals surface area (Å²) in [4.78, 5) is 18.2. The van der Waals surface area contributed by atoms with Gasteiger partial charge in [-0.05, 0) is 30.7 Å². The Kier molecular flexibility index (Phi) is 2.33. The maximum absolute atomic E-state index is 11.1. The van der Waals surface area contributed by atoms with E-state index in [0.717, 1.165) is 23.3 Å². The van der Waals surface area contributed by atoms with E-state index < -0.39 is 5.97 Å². The predicted molar refractivity (Wildman–Crippen MR) is 64.9 cm³/mol. The van der Waals surface area contributed by atoms with Gasteiger partial charge < -0.3 is 14.8 Å². The summed E-state index contributed by atoms with van der Waals surface area (Å²) in [5.41, 5.74) is 2.52. The number of nitrogens with one attached hydrogen (secondary N) is 1. The molecule has 1 aliphatic heterocycles. The number of aryl methyl sites for hydroxylation is 1. The van der Waals surface area contributed by atoms with Crippen molar-refractivity contribution >= 4 is 5.97 Å². The van der Waals surface area contributed by atoms with Crippen molar-refractivity contribution in [3.63, 3.8) is 0 Å². The van der Waals surface area contributed by atoms with Gasteiger partial charge >= 0.3 is 5.97 Å². The summed E-state index contributed by atoms with van der Waals surface area (Å²) in [7, 11) is 0. The van der Waals surface area contributed by atoms with Crippen molar-refractivity contribution in [2.24, 2.45) is 0 Å². The third-order valence-corrected chi connectivity index (χ3v) is 3.00. The van der Waals surface area contributed by atoms with Gasteiger partial charge in [0.05, 0.1) is 6.61 Å². The van der Waals surface area contributed by atoms with Crippen molar-refractivity contribution in [3.05, 3.63) is 35.3 Å². The molecule has 0 fully saturated rings. The maximum Gasteiger partial charge on any atom is 0.354 e. The van der Waals surface area contributed by atoms with Crippen LogP contribution in [0.5, 0.6) is 5.75 Å². The standard InChI is InChI=1S/C13H12N2O3/c1-7-14-11(12(15-7)13(16)17)9-2-3-10-8(6-9)4-5-18-10/h2-3,6H,4-5H2,1H3,(H,14,15)(H,16,17). The average molecular weight is 244 g/mol. The number of benzene rings is 1. The summed E-state index contributed by atoms with van der Waals surface area (Å²) in [6.07, 6.45) is 0.856. The normalized spacial score (nSPS) is 13.2. The van der Waals surface area contributed by atoms with Crippen LogP contribution >= 0.6 is 0 Å². The number of rotatable bonds is 2. The van der Waals surface area contributed by atoms with Gasteiger partial charge in [-0.1, -0.05) is 0 Å². The number of hydrogen-bond donors (Lipinski definition) is 2. The van der Waals surface area contributed by atoms with E-state index in [4.69, 9.17) is 9.84 Å². The van der Waals surface area contributed by atoms with Crippen LogP contribution in [0.15, 0.2) is 18.2 Å². The first-order valence-electron chi connectivity index (χ1n) is 5.71. The van der Waals surface area contributed by atoms with Gasteiger partial charge in [0.1, 0.15) is 17.3 Å². The van der Waals surface area contributed by atoms with E-state index in [1.54, 1.807) is 6.92 Å². The lowest BCUT2D eigenvalue weighted by Crippen LogP contribution is -1.99. The molecule has 0 saturated heterocycles. The molecule has 1 aromatic carbocycles. The van der Waals surface area contributed by atoms with E-state index in [9.17, 15) is 4.79 Å². The number of H-pyrrole nitrogens is 1. The number of aromatic nitrogens is 2. The molecule has 0 aliphatic carbocycles. The summed E-state index contributed by atoms with van der Waals surface area (Å²) in [5, 5.41) is 9.14. The first-order chi connectivity index (χ1) is 8.65. The number of carbonyl (C=O) groups is 1. The Hall–Kier alpha value is -2.30. The Bertz CT molecular complexity index is 631. The summed E-state index contributed by atoms with van der Waals surface area (Å²) < 4.78 is 5.43. The number of carboxylic acids is 1. The van der Waals surface area contributed by atoms with Gasteiger partial charge in [-0.25, -0.2) is 9.78 Å². The molecule has 0 amide bonds. The average Bonchev–Trinajstić information content (AvgIpc) is 2.93. The van der Waals surface area contributed by atoms with E-state index in [0.29, 0.717) is 18.1 Å². The predicted octanol–water partition coefficient (Wildman–Crippen LogP) is 2.02. The lowest BCUT2D eigenvalue weighted by Gasteiger charge is -2.02. The molecule has 0 bridgehead atoms. The number of aromatic carboxylic acids is 1. The van der Waals surface area contributed by atoms with Crippen LogP contribution in [-0.4, -0.2) is 27.7 Å². The second-order valence-electron chi connectivity index (χ2n) is 4.27. The van der Waals surface area contributed by atoms with E-state index in [1.807, 2.05) is 18.2 Å². The molecule has 0 unspecified atom stereocenters. The van der Waals surface area contributed by atoms with E-state index in [-0.39, 0.29) is 5.69 Å². The molecule has 1 aromatic heterocycles. The van der Waals surface area contributed by atoms with Crippen molar-refractivity contribution in [1.82, 2.24) is 9.97 Å². The number of fused-ring (bicyclic) bond motifs is 1. The van der Waals surface area contributed by atoms with Crippen LogP contribution in [0.3, 0.4) is 0 Å². The van der Waals surface area contributed by atoms with Gasteiger partial charge in [0, 0.05) is 12.0 Å². The Morgan fingerprint density at radius 2 is 2.33 bits per heavy atom. The lowest BCUT2D eigenvalue weighted by atomic mass is 10.1. The highest BCUT2D eigenvalue weighted by molar-refractivity contribution is 5.93. The molecular formula is C13H12N2O3. The fraction of sp³-hybridized carbons (Fsp3) is 0.231. The highest BCUT2D eigenvalue weighted by Gasteiger charge is 2.19. The van der Waals surface area contributed by atoms with Crippen molar-refractivity contribution in [3.8, 4) is 17.0 Å². The summed E-state index contributed by atoms with van der Waals surface area (Å²) in [5.74, 6) is 0.476. The Morgan fingerprint density at radius 1 is 1.50 bits per heavy atom. The van der Waals surface area contributed by atoms with Crippen LogP contribution in [0, 0.1) is 6.92 Å². The minimum absolute atomic E-state index is 0.131. The highest BCUT2D eigenvalue weighted by Crippen LogP contribution is 2.31. The van der Waals surface area contributed by atoms with Gasteiger partial charge in [0.2, 0.25) is 0 Å². The zero-order valence-corrected chi connectivity index (χ0v) is 9.86. The fourth-order valence-corrected chi connectivity index (χ4v) is 2.19. The SMILES string of the molecule is Cc1nc(-c2ccc3c(c2)CCO3)c(C(=O)O)[nH]1. The van der Waals surface area contributed by atoms with Gasteiger partial charge in [-0.2, -0.15) is 0 Å². The molecule has 3 rings (SSSR count). The minimum atomic E-state index is -0.998. The monoisotopic (exact) mass is 244 g/mol. The molecule has 0 saturated carbocycles. The van der Waals surface area contributed by atoms with Crippen LogP contribution in [0.1, 0.15) is 21.9 Å². The molecule has 2 aromatic rings. The second kappa shape index (κ2) is 3.87. The number of ether oxygens (including phenoxy) is 1. The summed E-state index contributed by atoms with van der Waals surface area (Å²) in [6.45, 7) is 2.43. The zero-order valence-electron chi connectivity index (χ0n) is 9.86. The molecule has 1 aliphatic rings. The third kappa shape index (κ3) is 1.64. The van der Waals surface area contributed by atoms with Crippen molar-refractivity contribution in [1.29, 1.82) is 0 Å². The van der Waals surface area contributed by atoms with Gasteiger partial charge in [-0.3, -0.25) is 0 Å². The summed E-state index contributed by atoms with van der Waals surface area (Å²) >= 11 is 0. The van der Waals surface area contributed by atoms with Gasteiger partial charge in [-0.15, -0.1) is 0 Å². The van der Waals surface area contributed by atoms with Crippen LogP contribution in [0.2, 0.25) is 0 Å². The number of aromatic amines is 1. The molecule has 5 heteroatoms. The molecule has 5 nitrogen and oxygen atoms in total. The van der Waals surface area contributed by atoms with Gasteiger partial charge in [0.15, 0.2) is 5.69 Å². The van der Waals surface area contributed by atoms with Crippen LogP contribution in [0.4, 0.5) is 0 Å². The molecule has 2 N–H and O–H groups in total. The Labute approximate surface area is 103 Å². The van der Waals surface area contributed by atoms with Crippen molar-refractivity contribution in [2.45, 2.75) is 13.3 Å². The number of imidazole rings is 1.